The number of nitrogens with zero attached hydrogens (tertiary/aromatic N) is 2. The smallest absolute Gasteiger partial charge is 0.248 e. The third-order valence-electron chi connectivity index (χ3n) is 3.88. The van der Waals surface area contributed by atoms with Crippen LogP contribution in [0.4, 0.5) is 5.69 Å². The van der Waals surface area contributed by atoms with Crippen molar-refractivity contribution in [3.63, 3.8) is 0 Å². The highest BCUT2D eigenvalue weighted by molar-refractivity contribution is 6.30. The zero-order chi connectivity index (χ0) is 18.6. The van der Waals surface area contributed by atoms with E-state index in [0.717, 1.165) is 16.6 Å². The average molecular weight is 376 g/mol. The lowest BCUT2D eigenvalue weighted by molar-refractivity contribution is -0.111. The number of fused-ring (bicyclic) bond motifs is 1. The molecule has 0 aliphatic heterocycles. The molecular formula is C21H14ClN3O2. The highest BCUT2D eigenvalue weighted by Gasteiger charge is 2.09. The number of pyridine rings is 1. The molecule has 27 heavy (non-hydrogen) atoms. The van der Waals surface area contributed by atoms with Crippen molar-refractivity contribution in [3.05, 3.63) is 83.7 Å². The van der Waals surface area contributed by atoms with Crippen molar-refractivity contribution < 1.29 is 9.21 Å². The molecule has 1 amide bonds. The zero-order valence-corrected chi connectivity index (χ0v) is 14.9. The SMILES string of the molecule is O=C(/C=C/c1ccc(Cl)cc1)Nc1ccc2nc(-c3ccncc3)oc2c1. The van der Waals surface area contributed by atoms with Crippen molar-refractivity contribution in [1.82, 2.24) is 9.97 Å². The maximum Gasteiger partial charge on any atom is 0.248 e. The second-order valence-corrected chi connectivity index (χ2v) is 6.25. The van der Waals surface area contributed by atoms with Gasteiger partial charge >= 0.3 is 0 Å². The van der Waals surface area contributed by atoms with E-state index in [1.165, 1.54) is 6.08 Å². The van der Waals surface area contributed by atoms with Crippen LogP contribution in [0, 0.1) is 0 Å². The lowest BCUT2D eigenvalue weighted by Crippen LogP contribution is -2.07. The van der Waals surface area contributed by atoms with Gasteiger partial charge in [0, 0.05) is 40.8 Å². The Morgan fingerprint density at radius 1 is 1.04 bits per heavy atom. The number of hydrogen-bond donors (Lipinski definition) is 1. The quantitative estimate of drug-likeness (QED) is 0.498. The van der Waals surface area contributed by atoms with Gasteiger partial charge in [0.15, 0.2) is 5.58 Å². The highest BCUT2D eigenvalue weighted by atomic mass is 35.5. The van der Waals surface area contributed by atoms with Crippen LogP contribution >= 0.6 is 11.6 Å². The molecule has 0 spiro atoms. The van der Waals surface area contributed by atoms with Gasteiger partial charge in [-0.25, -0.2) is 4.98 Å². The zero-order valence-electron chi connectivity index (χ0n) is 14.1. The van der Waals surface area contributed by atoms with Gasteiger partial charge in [0.2, 0.25) is 11.8 Å². The Hall–Kier alpha value is -3.44. The monoisotopic (exact) mass is 375 g/mol. The first-order valence-corrected chi connectivity index (χ1v) is 8.61. The minimum Gasteiger partial charge on any atom is -0.436 e. The lowest BCUT2D eigenvalue weighted by Gasteiger charge is -2.01. The molecule has 0 bridgehead atoms. The van der Waals surface area contributed by atoms with Gasteiger partial charge < -0.3 is 9.73 Å². The average Bonchev–Trinajstić information content (AvgIpc) is 3.12. The van der Waals surface area contributed by atoms with E-state index in [9.17, 15) is 4.79 Å². The standard InChI is InChI=1S/C21H14ClN3O2/c22-16-4-1-14(2-5-16)3-8-20(26)24-17-6-7-18-19(13-17)27-21(25-18)15-9-11-23-12-10-15/h1-13H,(H,24,26)/b8-3+. The molecule has 4 rings (SSSR count). The number of anilines is 1. The van der Waals surface area contributed by atoms with Crippen molar-refractivity contribution in [3.8, 4) is 11.5 Å². The minimum absolute atomic E-state index is 0.238. The molecule has 0 fully saturated rings. The van der Waals surface area contributed by atoms with Crippen molar-refractivity contribution in [2.75, 3.05) is 5.32 Å². The maximum absolute atomic E-state index is 12.1. The van der Waals surface area contributed by atoms with Crippen LogP contribution in [0.3, 0.4) is 0 Å². The van der Waals surface area contributed by atoms with Gasteiger partial charge in [-0.1, -0.05) is 23.7 Å². The molecule has 132 valence electrons. The van der Waals surface area contributed by atoms with Crippen LogP contribution in [-0.2, 0) is 4.79 Å². The molecule has 2 heterocycles. The topological polar surface area (TPSA) is 68.0 Å². The van der Waals surface area contributed by atoms with Crippen molar-refractivity contribution in [2.24, 2.45) is 0 Å². The normalized spacial score (nSPS) is 11.1. The summed E-state index contributed by atoms with van der Waals surface area (Å²) in [5.74, 6) is 0.275. The van der Waals surface area contributed by atoms with E-state index in [1.54, 1.807) is 42.7 Å². The number of halogens is 1. The molecule has 0 aliphatic carbocycles. The van der Waals surface area contributed by atoms with E-state index < -0.39 is 0 Å². The van der Waals surface area contributed by atoms with Gasteiger partial charge in [-0.3, -0.25) is 9.78 Å². The predicted octanol–water partition coefficient (Wildman–Crippen LogP) is 5.20. The summed E-state index contributed by atoms with van der Waals surface area (Å²) in [5.41, 5.74) is 3.68. The Morgan fingerprint density at radius 3 is 2.59 bits per heavy atom. The summed E-state index contributed by atoms with van der Waals surface area (Å²) >= 11 is 5.85. The molecule has 5 nitrogen and oxygen atoms in total. The van der Waals surface area contributed by atoms with Crippen LogP contribution < -0.4 is 5.32 Å². The number of aromatic nitrogens is 2. The number of hydrogen-bond acceptors (Lipinski definition) is 4. The number of carbonyl (C=O) groups excluding carboxylic acids is 1. The van der Waals surface area contributed by atoms with E-state index in [2.05, 4.69) is 15.3 Å². The number of oxazole rings is 1. The molecule has 4 aromatic rings. The first kappa shape index (κ1) is 17.0. The summed E-state index contributed by atoms with van der Waals surface area (Å²) in [6, 6.07) is 16.2. The summed E-state index contributed by atoms with van der Waals surface area (Å²) < 4.78 is 5.80. The Kier molecular flexibility index (Phi) is 4.68. The molecule has 6 heteroatoms. The second kappa shape index (κ2) is 7.43. The number of nitrogens with one attached hydrogen (secondary N) is 1. The van der Waals surface area contributed by atoms with Crippen molar-refractivity contribution >= 4 is 40.4 Å². The molecule has 0 unspecified atom stereocenters. The predicted molar refractivity (Wildman–Crippen MR) is 106 cm³/mol. The van der Waals surface area contributed by atoms with E-state index in [4.69, 9.17) is 16.0 Å². The molecule has 0 radical (unpaired) electrons. The summed E-state index contributed by atoms with van der Waals surface area (Å²) in [7, 11) is 0. The second-order valence-electron chi connectivity index (χ2n) is 5.81. The fourth-order valence-electron chi connectivity index (χ4n) is 2.55. The Labute approximate surface area is 160 Å². The third-order valence-corrected chi connectivity index (χ3v) is 4.13. The van der Waals surface area contributed by atoms with Gasteiger partial charge in [-0.15, -0.1) is 0 Å². The van der Waals surface area contributed by atoms with E-state index in [1.807, 2.05) is 30.3 Å². The first-order valence-electron chi connectivity index (χ1n) is 8.23. The number of rotatable bonds is 4. The molecule has 0 saturated carbocycles. The van der Waals surface area contributed by atoms with Gasteiger partial charge in [0.1, 0.15) is 5.52 Å². The third kappa shape index (κ3) is 4.04. The van der Waals surface area contributed by atoms with Crippen molar-refractivity contribution in [2.45, 2.75) is 0 Å². The van der Waals surface area contributed by atoms with Gasteiger partial charge in [0.05, 0.1) is 0 Å². The van der Waals surface area contributed by atoms with Crippen LogP contribution in [0.2, 0.25) is 5.02 Å². The Morgan fingerprint density at radius 2 is 1.81 bits per heavy atom. The molecule has 2 aromatic heterocycles. The number of benzene rings is 2. The summed E-state index contributed by atoms with van der Waals surface area (Å²) in [5, 5.41) is 3.47. The largest absolute Gasteiger partial charge is 0.436 e. The summed E-state index contributed by atoms with van der Waals surface area (Å²) in [6.45, 7) is 0. The van der Waals surface area contributed by atoms with Crippen LogP contribution in [0.5, 0.6) is 0 Å². The molecule has 2 aromatic carbocycles. The maximum atomic E-state index is 12.1. The molecule has 0 atom stereocenters. The van der Waals surface area contributed by atoms with Crippen LogP contribution in [-0.4, -0.2) is 15.9 Å². The van der Waals surface area contributed by atoms with E-state index >= 15 is 0 Å². The molecule has 0 aliphatic rings. The van der Waals surface area contributed by atoms with E-state index in [0.29, 0.717) is 22.2 Å². The summed E-state index contributed by atoms with van der Waals surface area (Å²) in [4.78, 5) is 20.6. The molecular weight excluding hydrogens is 362 g/mol. The van der Waals surface area contributed by atoms with Crippen molar-refractivity contribution in [1.29, 1.82) is 0 Å². The Bertz CT molecular complexity index is 1120. The van der Waals surface area contributed by atoms with Crippen LogP contribution in [0.15, 0.2) is 77.5 Å². The van der Waals surface area contributed by atoms with E-state index in [-0.39, 0.29) is 5.91 Å². The number of amides is 1. The van der Waals surface area contributed by atoms with Gasteiger partial charge in [-0.2, -0.15) is 0 Å². The van der Waals surface area contributed by atoms with Gasteiger partial charge in [0.25, 0.3) is 0 Å². The van der Waals surface area contributed by atoms with Crippen LogP contribution in [0.25, 0.3) is 28.6 Å². The fraction of sp³-hybridized carbons (Fsp3) is 0. The lowest BCUT2D eigenvalue weighted by atomic mass is 10.2. The summed E-state index contributed by atoms with van der Waals surface area (Å²) in [6.07, 6.45) is 6.56. The molecule has 1 N–H and O–H groups in total. The molecule has 0 saturated heterocycles. The minimum atomic E-state index is -0.238. The van der Waals surface area contributed by atoms with Crippen LogP contribution in [0.1, 0.15) is 5.56 Å². The Balaban J connectivity index is 1.50. The number of carbonyl (C=O) groups is 1. The highest BCUT2D eigenvalue weighted by Crippen LogP contribution is 2.26. The fourth-order valence-corrected chi connectivity index (χ4v) is 2.68. The first-order chi connectivity index (χ1) is 13.2. The van der Waals surface area contributed by atoms with Gasteiger partial charge in [-0.05, 0) is 48.0 Å².